The van der Waals surface area contributed by atoms with Crippen LogP contribution in [0.4, 0.5) is 5.69 Å². The molecule has 0 amide bonds. The van der Waals surface area contributed by atoms with Gasteiger partial charge in [0, 0.05) is 25.3 Å². The van der Waals surface area contributed by atoms with Crippen LogP contribution in [0.25, 0.3) is 0 Å². The van der Waals surface area contributed by atoms with E-state index < -0.39 is 0 Å². The summed E-state index contributed by atoms with van der Waals surface area (Å²) < 4.78 is 0. The molecule has 1 aliphatic rings. The Morgan fingerprint density at radius 3 is 2.61 bits per heavy atom. The summed E-state index contributed by atoms with van der Waals surface area (Å²) in [6, 6.07) is 10.9. The molecule has 1 aromatic rings. The topological polar surface area (TPSA) is 29.3 Å². The van der Waals surface area contributed by atoms with Gasteiger partial charge < -0.3 is 10.6 Å². The van der Waals surface area contributed by atoms with Gasteiger partial charge in [-0.2, -0.15) is 0 Å². The standard InChI is InChI=1S/C16H26N2/c1-16(2)11-7-8-13(15(16)17)12-18(3)14-9-5-4-6-10-14/h4-6,9-10,13,15H,7-8,11-12,17H2,1-3H3. The summed E-state index contributed by atoms with van der Waals surface area (Å²) in [6.07, 6.45) is 3.84. The number of hydrogen-bond donors (Lipinski definition) is 1. The van der Waals surface area contributed by atoms with E-state index in [-0.39, 0.29) is 0 Å². The van der Waals surface area contributed by atoms with Gasteiger partial charge in [-0.25, -0.2) is 0 Å². The van der Waals surface area contributed by atoms with Crippen molar-refractivity contribution in [1.82, 2.24) is 0 Å². The van der Waals surface area contributed by atoms with E-state index in [1.165, 1.54) is 24.9 Å². The van der Waals surface area contributed by atoms with Crippen molar-refractivity contribution in [3.8, 4) is 0 Å². The Bertz CT molecular complexity index is 372. The molecule has 1 aromatic carbocycles. The van der Waals surface area contributed by atoms with Crippen LogP contribution in [-0.2, 0) is 0 Å². The molecular weight excluding hydrogens is 220 g/mol. The molecule has 1 aliphatic carbocycles. The third-order valence-corrected chi connectivity index (χ3v) is 4.51. The van der Waals surface area contributed by atoms with Crippen LogP contribution < -0.4 is 10.6 Å². The van der Waals surface area contributed by atoms with Gasteiger partial charge in [0.2, 0.25) is 0 Å². The second-order valence-electron chi connectivity index (χ2n) is 6.38. The van der Waals surface area contributed by atoms with E-state index in [1.54, 1.807) is 0 Å². The molecule has 0 radical (unpaired) electrons. The molecule has 2 nitrogen and oxygen atoms in total. The number of rotatable bonds is 3. The van der Waals surface area contributed by atoms with Gasteiger partial charge in [-0.05, 0) is 36.3 Å². The van der Waals surface area contributed by atoms with Crippen LogP contribution in [0, 0.1) is 11.3 Å². The Hall–Kier alpha value is -1.02. The minimum atomic E-state index is 0.292. The predicted octanol–water partition coefficient (Wildman–Crippen LogP) is 3.28. The summed E-state index contributed by atoms with van der Waals surface area (Å²) in [5.74, 6) is 0.610. The van der Waals surface area contributed by atoms with Crippen LogP contribution in [0.1, 0.15) is 33.1 Å². The van der Waals surface area contributed by atoms with Crippen molar-refractivity contribution in [2.45, 2.75) is 39.2 Å². The molecule has 2 atom stereocenters. The first-order valence-electron chi connectivity index (χ1n) is 7.02. The summed E-state index contributed by atoms with van der Waals surface area (Å²) in [6.45, 7) is 5.69. The first kappa shape index (κ1) is 13.4. The number of hydrogen-bond acceptors (Lipinski definition) is 2. The van der Waals surface area contributed by atoms with Gasteiger partial charge in [0.1, 0.15) is 0 Å². The third-order valence-electron chi connectivity index (χ3n) is 4.51. The van der Waals surface area contributed by atoms with E-state index in [0.29, 0.717) is 17.4 Å². The fourth-order valence-corrected chi connectivity index (χ4v) is 3.15. The van der Waals surface area contributed by atoms with Crippen molar-refractivity contribution in [1.29, 1.82) is 0 Å². The molecule has 2 N–H and O–H groups in total. The largest absolute Gasteiger partial charge is 0.374 e. The maximum absolute atomic E-state index is 6.46. The highest BCUT2D eigenvalue weighted by atomic mass is 15.1. The fraction of sp³-hybridized carbons (Fsp3) is 0.625. The summed E-state index contributed by atoms with van der Waals surface area (Å²) in [5, 5.41) is 0. The van der Waals surface area contributed by atoms with E-state index >= 15 is 0 Å². The molecular formula is C16H26N2. The van der Waals surface area contributed by atoms with E-state index in [9.17, 15) is 0 Å². The van der Waals surface area contributed by atoms with Gasteiger partial charge in [-0.3, -0.25) is 0 Å². The van der Waals surface area contributed by atoms with Crippen LogP contribution in [0.5, 0.6) is 0 Å². The highest BCUT2D eigenvalue weighted by molar-refractivity contribution is 5.45. The lowest BCUT2D eigenvalue weighted by atomic mass is 9.68. The Labute approximate surface area is 111 Å². The lowest BCUT2D eigenvalue weighted by Gasteiger charge is -2.43. The molecule has 2 unspecified atom stereocenters. The normalized spacial score (nSPS) is 26.9. The molecule has 100 valence electrons. The summed E-state index contributed by atoms with van der Waals surface area (Å²) in [4.78, 5) is 2.34. The number of nitrogens with two attached hydrogens (primary N) is 1. The van der Waals surface area contributed by atoms with E-state index in [4.69, 9.17) is 5.73 Å². The zero-order chi connectivity index (χ0) is 13.2. The van der Waals surface area contributed by atoms with Crippen LogP contribution in [0.15, 0.2) is 30.3 Å². The number of benzene rings is 1. The van der Waals surface area contributed by atoms with Crippen molar-refractivity contribution in [3.63, 3.8) is 0 Å². The average Bonchev–Trinajstić information content (AvgIpc) is 2.36. The van der Waals surface area contributed by atoms with Crippen molar-refractivity contribution in [3.05, 3.63) is 30.3 Å². The van der Waals surface area contributed by atoms with Gasteiger partial charge >= 0.3 is 0 Å². The Morgan fingerprint density at radius 2 is 1.94 bits per heavy atom. The molecule has 18 heavy (non-hydrogen) atoms. The monoisotopic (exact) mass is 246 g/mol. The minimum Gasteiger partial charge on any atom is -0.374 e. The summed E-state index contributed by atoms with van der Waals surface area (Å²) in [7, 11) is 2.17. The summed E-state index contributed by atoms with van der Waals surface area (Å²) in [5.41, 5.74) is 8.03. The Balaban J connectivity index is 2.01. The zero-order valence-electron chi connectivity index (χ0n) is 11.9. The molecule has 0 aromatic heterocycles. The van der Waals surface area contributed by atoms with Crippen LogP contribution in [0.3, 0.4) is 0 Å². The lowest BCUT2D eigenvalue weighted by molar-refractivity contribution is 0.142. The zero-order valence-corrected chi connectivity index (χ0v) is 11.9. The molecule has 2 heteroatoms. The summed E-state index contributed by atoms with van der Waals surface area (Å²) >= 11 is 0. The van der Waals surface area contributed by atoms with E-state index in [1.807, 2.05) is 0 Å². The van der Waals surface area contributed by atoms with Crippen LogP contribution in [-0.4, -0.2) is 19.6 Å². The Kier molecular flexibility index (Phi) is 3.96. The molecule has 1 saturated carbocycles. The SMILES string of the molecule is CN(CC1CCCC(C)(C)C1N)c1ccccc1. The maximum Gasteiger partial charge on any atom is 0.0363 e. The number of nitrogens with zero attached hydrogens (tertiary/aromatic N) is 1. The van der Waals surface area contributed by atoms with E-state index in [2.05, 4.69) is 56.1 Å². The van der Waals surface area contributed by atoms with Crippen molar-refractivity contribution < 1.29 is 0 Å². The second kappa shape index (κ2) is 5.31. The highest BCUT2D eigenvalue weighted by Gasteiger charge is 2.36. The van der Waals surface area contributed by atoms with Gasteiger partial charge in [-0.15, -0.1) is 0 Å². The maximum atomic E-state index is 6.46. The Morgan fingerprint density at radius 1 is 1.28 bits per heavy atom. The molecule has 0 heterocycles. The number of para-hydroxylation sites is 1. The highest BCUT2D eigenvalue weighted by Crippen LogP contribution is 2.38. The van der Waals surface area contributed by atoms with Crippen molar-refractivity contribution in [2.75, 3.05) is 18.5 Å². The predicted molar refractivity (Wildman–Crippen MR) is 78.8 cm³/mol. The molecule has 0 saturated heterocycles. The van der Waals surface area contributed by atoms with E-state index in [0.717, 1.165) is 6.54 Å². The smallest absolute Gasteiger partial charge is 0.0363 e. The molecule has 1 fully saturated rings. The molecule has 2 rings (SSSR count). The second-order valence-corrected chi connectivity index (χ2v) is 6.38. The molecule has 0 spiro atoms. The van der Waals surface area contributed by atoms with Gasteiger partial charge in [-0.1, -0.05) is 38.5 Å². The average molecular weight is 246 g/mol. The van der Waals surface area contributed by atoms with Crippen molar-refractivity contribution in [2.24, 2.45) is 17.1 Å². The van der Waals surface area contributed by atoms with Gasteiger partial charge in [0.05, 0.1) is 0 Å². The fourth-order valence-electron chi connectivity index (χ4n) is 3.15. The quantitative estimate of drug-likeness (QED) is 0.887. The van der Waals surface area contributed by atoms with Gasteiger partial charge in [0.15, 0.2) is 0 Å². The number of anilines is 1. The van der Waals surface area contributed by atoms with Crippen LogP contribution >= 0.6 is 0 Å². The van der Waals surface area contributed by atoms with Crippen LogP contribution in [0.2, 0.25) is 0 Å². The molecule has 0 bridgehead atoms. The minimum absolute atomic E-state index is 0.292. The third kappa shape index (κ3) is 2.86. The molecule has 0 aliphatic heterocycles. The first-order chi connectivity index (χ1) is 8.50. The first-order valence-corrected chi connectivity index (χ1v) is 7.02. The lowest BCUT2D eigenvalue weighted by Crippen LogP contribution is -2.49. The van der Waals surface area contributed by atoms with Crippen molar-refractivity contribution >= 4 is 5.69 Å². The van der Waals surface area contributed by atoms with Gasteiger partial charge in [0.25, 0.3) is 0 Å².